The number of benzene rings is 1. The normalized spacial score (nSPS) is 35.8. The highest BCUT2D eigenvalue weighted by Gasteiger charge is 2.71. The molecule has 0 radical (unpaired) electrons. The summed E-state index contributed by atoms with van der Waals surface area (Å²) in [5, 5.41) is 18.1. The molecular formula is C23H22ClF3N2O5. The smallest absolute Gasteiger partial charge is 0.480 e. The molecule has 1 aromatic carbocycles. The summed E-state index contributed by atoms with van der Waals surface area (Å²) < 4.78 is 52.3. The Labute approximate surface area is 197 Å². The molecule has 7 rings (SSSR count). The fourth-order valence-corrected chi connectivity index (χ4v) is 6.11. The van der Waals surface area contributed by atoms with Crippen molar-refractivity contribution in [2.24, 2.45) is 0 Å². The number of ether oxygens (including phenoxy) is 2. The van der Waals surface area contributed by atoms with Gasteiger partial charge in [-0.05, 0) is 50.3 Å². The Hall–Kier alpha value is -2.30. The topological polar surface area (TPSA) is 93.8 Å². The molecule has 1 aromatic heterocycles. The molecule has 4 fully saturated rings. The number of fused-ring (bicyclic) bond motifs is 1. The molecule has 2 N–H and O–H groups in total. The van der Waals surface area contributed by atoms with Gasteiger partial charge in [-0.25, -0.2) is 0 Å². The summed E-state index contributed by atoms with van der Waals surface area (Å²) in [7, 11) is 0. The van der Waals surface area contributed by atoms with Crippen LogP contribution in [-0.4, -0.2) is 40.3 Å². The van der Waals surface area contributed by atoms with E-state index < -0.39 is 24.7 Å². The number of carbonyl (C=O) groups is 1. The van der Waals surface area contributed by atoms with Gasteiger partial charge >= 0.3 is 6.36 Å². The number of aliphatic hydroxyl groups excluding tert-OH is 1. The quantitative estimate of drug-likeness (QED) is 0.639. The van der Waals surface area contributed by atoms with Crippen LogP contribution in [-0.2, 0) is 14.9 Å². The average molecular weight is 499 g/mol. The standard InChI is InChI=1S/C23H22ClF3N2O5/c24-12-1-2-17-14(5-12)16(30)7-18(32-17)20(31)28-22-8-21(9-22,10-22)19-6-15(29-34-19)11-3-13(4-11)33-23(25,26)27/h1-2,5-6,11,13,16,18,30H,3-4,7-10H2,(H,28,31)/t11?,13?,16-,18-,21?,22?/m1/s1. The van der Waals surface area contributed by atoms with Crippen molar-refractivity contribution in [3.05, 3.63) is 46.3 Å². The van der Waals surface area contributed by atoms with Crippen LogP contribution in [0.4, 0.5) is 13.2 Å². The van der Waals surface area contributed by atoms with E-state index in [0.717, 1.165) is 0 Å². The third-order valence-corrected chi connectivity index (χ3v) is 7.85. The summed E-state index contributed by atoms with van der Waals surface area (Å²) in [6.07, 6.45) is -4.30. The fourth-order valence-electron chi connectivity index (χ4n) is 5.93. The second-order valence-electron chi connectivity index (χ2n) is 10.1. The maximum Gasteiger partial charge on any atom is 0.522 e. The molecule has 11 heteroatoms. The van der Waals surface area contributed by atoms with Crippen LogP contribution in [0, 0.1) is 0 Å². The molecule has 2 bridgehead atoms. The summed E-state index contributed by atoms with van der Waals surface area (Å²) >= 11 is 5.98. The van der Waals surface area contributed by atoms with Crippen molar-refractivity contribution in [1.29, 1.82) is 0 Å². The Morgan fingerprint density at radius 3 is 2.65 bits per heavy atom. The molecule has 1 aliphatic heterocycles. The van der Waals surface area contributed by atoms with Crippen LogP contribution in [0.15, 0.2) is 28.8 Å². The SMILES string of the molecule is O=C(NC12CC(c3cc(C4CC(OC(F)(F)F)C4)no3)(C1)C2)[C@H]1C[C@@H](O)c2cc(Cl)ccc2O1. The van der Waals surface area contributed by atoms with Crippen LogP contribution in [0.5, 0.6) is 5.75 Å². The zero-order chi connectivity index (χ0) is 23.9. The molecule has 4 aliphatic carbocycles. The summed E-state index contributed by atoms with van der Waals surface area (Å²) in [5.74, 6) is 0.800. The Balaban J connectivity index is 1.03. The average Bonchev–Trinajstić information content (AvgIpc) is 3.14. The van der Waals surface area contributed by atoms with Crippen molar-refractivity contribution in [2.45, 2.75) is 80.1 Å². The molecule has 2 heterocycles. The summed E-state index contributed by atoms with van der Waals surface area (Å²) in [6, 6.07) is 6.77. The Morgan fingerprint density at radius 2 is 1.94 bits per heavy atom. The minimum atomic E-state index is -4.62. The Bertz CT molecular complexity index is 1130. The van der Waals surface area contributed by atoms with E-state index in [1.807, 2.05) is 6.07 Å². The minimum Gasteiger partial charge on any atom is -0.480 e. The second-order valence-corrected chi connectivity index (χ2v) is 10.5. The predicted octanol–water partition coefficient (Wildman–Crippen LogP) is 4.29. The highest BCUT2D eigenvalue weighted by molar-refractivity contribution is 6.30. The second kappa shape index (κ2) is 7.35. The number of amides is 1. The molecule has 5 aliphatic rings. The van der Waals surface area contributed by atoms with Crippen molar-refractivity contribution >= 4 is 17.5 Å². The lowest BCUT2D eigenvalue weighted by molar-refractivity contribution is -0.351. The highest BCUT2D eigenvalue weighted by atomic mass is 35.5. The van der Waals surface area contributed by atoms with E-state index in [4.69, 9.17) is 20.9 Å². The maximum absolute atomic E-state index is 12.9. The van der Waals surface area contributed by atoms with Gasteiger partial charge in [0.05, 0.1) is 17.9 Å². The van der Waals surface area contributed by atoms with E-state index in [2.05, 4.69) is 15.2 Å². The first kappa shape index (κ1) is 22.2. The number of alkyl halides is 3. The van der Waals surface area contributed by atoms with Gasteiger partial charge in [0.1, 0.15) is 11.5 Å². The predicted molar refractivity (Wildman–Crippen MR) is 111 cm³/mol. The summed E-state index contributed by atoms with van der Waals surface area (Å²) in [4.78, 5) is 12.9. The number of rotatable bonds is 5. The number of aliphatic hydroxyl groups is 1. The van der Waals surface area contributed by atoms with E-state index in [0.29, 0.717) is 47.1 Å². The van der Waals surface area contributed by atoms with Crippen LogP contribution in [0.3, 0.4) is 0 Å². The lowest BCUT2D eigenvalue weighted by Gasteiger charge is -2.69. The number of aromatic nitrogens is 1. The molecule has 34 heavy (non-hydrogen) atoms. The van der Waals surface area contributed by atoms with E-state index in [1.54, 1.807) is 18.2 Å². The highest BCUT2D eigenvalue weighted by Crippen LogP contribution is 2.68. The minimum absolute atomic E-state index is 0.0986. The first-order valence-electron chi connectivity index (χ1n) is 11.2. The van der Waals surface area contributed by atoms with Crippen molar-refractivity contribution < 1.29 is 37.1 Å². The van der Waals surface area contributed by atoms with Gasteiger partial charge in [-0.1, -0.05) is 16.8 Å². The summed E-state index contributed by atoms with van der Waals surface area (Å²) in [5.41, 5.74) is 0.703. The molecular weight excluding hydrogens is 477 g/mol. The van der Waals surface area contributed by atoms with Crippen molar-refractivity contribution in [3.8, 4) is 5.75 Å². The van der Waals surface area contributed by atoms with Crippen molar-refractivity contribution in [3.63, 3.8) is 0 Å². The van der Waals surface area contributed by atoms with Gasteiger partial charge in [0.25, 0.3) is 5.91 Å². The largest absolute Gasteiger partial charge is 0.522 e. The zero-order valence-electron chi connectivity index (χ0n) is 17.9. The summed E-state index contributed by atoms with van der Waals surface area (Å²) in [6.45, 7) is 0. The lowest BCUT2D eigenvalue weighted by Crippen LogP contribution is -2.77. The van der Waals surface area contributed by atoms with Gasteiger partial charge in [0, 0.05) is 39.9 Å². The Kier molecular flexibility index (Phi) is 4.80. The van der Waals surface area contributed by atoms with Crippen molar-refractivity contribution in [1.82, 2.24) is 10.5 Å². The third-order valence-electron chi connectivity index (χ3n) is 7.61. The van der Waals surface area contributed by atoms with Crippen LogP contribution < -0.4 is 10.1 Å². The van der Waals surface area contributed by atoms with E-state index >= 15 is 0 Å². The first-order valence-corrected chi connectivity index (χ1v) is 11.6. The first-order chi connectivity index (χ1) is 16.0. The maximum atomic E-state index is 12.9. The van der Waals surface area contributed by atoms with Crippen LogP contribution >= 0.6 is 11.6 Å². The van der Waals surface area contributed by atoms with Crippen LogP contribution in [0.1, 0.15) is 67.6 Å². The molecule has 2 aromatic rings. The Morgan fingerprint density at radius 1 is 1.21 bits per heavy atom. The van der Waals surface area contributed by atoms with E-state index in [1.165, 1.54) is 0 Å². The van der Waals surface area contributed by atoms with Gasteiger partial charge in [-0.3, -0.25) is 9.53 Å². The number of halogens is 4. The molecule has 0 unspecified atom stereocenters. The van der Waals surface area contributed by atoms with Crippen LogP contribution in [0.25, 0.3) is 0 Å². The number of hydrogen-bond acceptors (Lipinski definition) is 6. The van der Waals surface area contributed by atoms with Gasteiger partial charge in [-0.2, -0.15) is 0 Å². The lowest BCUT2D eigenvalue weighted by atomic mass is 9.38. The van der Waals surface area contributed by atoms with Gasteiger partial charge in [0.15, 0.2) is 6.10 Å². The zero-order valence-corrected chi connectivity index (χ0v) is 18.7. The fraction of sp³-hybridized carbons (Fsp3) is 0.565. The van der Waals surface area contributed by atoms with E-state index in [9.17, 15) is 23.1 Å². The molecule has 1 amide bonds. The van der Waals surface area contributed by atoms with Gasteiger partial charge in [-0.15, -0.1) is 13.2 Å². The van der Waals surface area contributed by atoms with Gasteiger partial charge in [0.2, 0.25) is 0 Å². The number of nitrogens with zero attached hydrogens (tertiary/aromatic N) is 1. The number of carbonyl (C=O) groups excluding carboxylic acids is 1. The molecule has 0 spiro atoms. The van der Waals surface area contributed by atoms with Gasteiger partial charge < -0.3 is 19.7 Å². The third kappa shape index (κ3) is 3.67. The van der Waals surface area contributed by atoms with Crippen molar-refractivity contribution in [2.75, 3.05) is 0 Å². The molecule has 182 valence electrons. The molecule has 2 atom stereocenters. The number of nitrogens with one attached hydrogen (secondary N) is 1. The molecule has 7 nitrogen and oxygen atoms in total. The monoisotopic (exact) mass is 498 g/mol. The van der Waals surface area contributed by atoms with Crippen LogP contribution in [0.2, 0.25) is 5.02 Å². The molecule has 0 saturated heterocycles. The molecule has 4 saturated carbocycles. The van der Waals surface area contributed by atoms with E-state index in [-0.39, 0.29) is 42.0 Å². The number of hydrogen-bond donors (Lipinski definition) is 2.